The number of nitrogens with one attached hydrogen (secondary N) is 2. The van der Waals surface area contributed by atoms with Crippen LogP contribution >= 0.6 is 22.6 Å². The summed E-state index contributed by atoms with van der Waals surface area (Å²) in [6.45, 7) is 0. The Kier molecular flexibility index (Phi) is 5.14. The molecule has 1 aromatic heterocycles. The van der Waals surface area contributed by atoms with E-state index in [1.54, 1.807) is 38.6 Å². The van der Waals surface area contributed by atoms with Crippen molar-refractivity contribution in [3.63, 3.8) is 0 Å². The maximum atomic E-state index is 11.8. The number of aromatic amines is 1. The third-order valence-corrected chi connectivity index (χ3v) is 3.43. The first-order valence-electron chi connectivity index (χ1n) is 5.90. The minimum Gasteiger partial charge on any atom is -0.493 e. The zero-order chi connectivity index (χ0) is 15.2. The van der Waals surface area contributed by atoms with Crippen molar-refractivity contribution >= 4 is 34.7 Å². The van der Waals surface area contributed by atoms with Gasteiger partial charge in [0.2, 0.25) is 0 Å². The summed E-state index contributed by atoms with van der Waals surface area (Å²) in [5, 5.41) is 10.3. The van der Waals surface area contributed by atoms with E-state index in [2.05, 4.69) is 20.7 Å². The van der Waals surface area contributed by atoms with Crippen molar-refractivity contribution in [2.24, 2.45) is 5.10 Å². The van der Waals surface area contributed by atoms with Gasteiger partial charge in [-0.15, -0.1) is 0 Å². The number of rotatable bonds is 5. The van der Waals surface area contributed by atoms with E-state index < -0.39 is 0 Å². The van der Waals surface area contributed by atoms with Gasteiger partial charge in [-0.25, -0.2) is 5.43 Å². The van der Waals surface area contributed by atoms with Gasteiger partial charge in [-0.3, -0.25) is 9.89 Å². The molecule has 0 bridgehead atoms. The fourth-order valence-corrected chi connectivity index (χ4v) is 2.09. The molecular formula is C13H13IN4O3. The molecular weight excluding hydrogens is 387 g/mol. The summed E-state index contributed by atoms with van der Waals surface area (Å²) in [6, 6.07) is 5.32. The molecule has 2 N–H and O–H groups in total. The number of hydrazone groups is 1. The van der Waals surface area contributed by atoms with E-state index in [4.69, 9.17) is 9.47 Å². The Labute approximate surface area is 134 Å². The van der Waals surface area contributed by atoms with Crippen LogP contribution in [0.25, 0.3) is 0 Å². The van der Waals surface area contributed by atoms with Crippen LogP contribution in [0.1, 0.15) is 16.1 Å². The van der Waals surface area contributed by atoms with Crippen molar-refractivity contribution in [3.8, 4) is 11.5 Å². The predicted octanol–water partition coefficient (Wildman–Crippen LogP) is 1.80. The van der Waals surface area contributed by atoms with E-state index in [0.717, 1.165) is 9.13 Å². The molecule has 0 aliphatic carbocycles. The van der Waals surface area contributed by atoms with Crippen LogP contribution in [0.3, 0.4) is 0 Å². The molecule has 8 heteroatoms. The number of H-pyrrole nitrogens is 1. The van der Waals surface area contributed by atoms with Gasteiger partial charge in [-0.1, -0.05) is 0 Å². The highest BCUT2D eigenvalue weighted by Crippen LogP contribution is 2.26. The molecule has 0 spiro atoms. The summed E-state index contributed by atoms with van der Waals surface area (Å²) in [5.74, 6) is 0.871. The zero-order valence-electron chi connectivity index (χ0n) is 11.4. The lowest BCUT2D eigenvalue weighted by Gasteiger charge is -2.07. The number of hydrogen-bond acceptors (Lipinski definition) is 5. The van der Waals surface area contributed by atoms with Gasteiger partial charge < -0.3 is 9.47 Å². The first-order chi connectivity index (χ1) is 10.2. The van der Waals surface area contributed by atoms with Crippen LogP contribution < -0.4 is 14.9 Å². The minimum absolute atomic E-state index is 0.353. The van der Waals surface area contributed by atoms with Crippen LogP contribution in [0.15, 0.2) is 29.5 Å². The molecule has 0 aliphatic rings. The molecule has 1 amide bonds. The third kappa shape index (κ3) is 3.72. The zero-order valence-corrected chi connectivity index (χ0v) is 13.5. The second-order valence-corrected chi connectivity index (χ2v) is 5.07. The highest BCUT2D eigenvalue weighted by molar-refractivity contribution is 14.1. The van der Waals surface area contributed by atoms with Gasteiger partial charge in [0.1, 0.15) is 5.69 Å². The summed E-state index contributed by atoms with van der Waals surface area (Å²) in [4.78, 5) is 11.8. The second kappa shape index (κ2) is 7.07. The van der Waals surface area contributed by atoms with E-state index in [1.165, 1.54) is 6.21 Å². The van der Waals surface area contributed by atoms with Gasteiger partial charge in [0, 0.05) is 0 Å². The maximum Gasteiger partial charge on any atom is 0.290 e. The molecule has 1 aromatic carbocycles. The number of hydrogen-bond donors (Lipinski definition) is 2. The lowest BCUT2D eigenvalue weighted by atomic mass is 10.2. The van der Waals surface area contributed by atoms with E-state index in [-0.39, 0.29) is 5.91 Å². The highest BCUT2D eigenvalue weighted by Gasteiger charge is 2.10. The number of nitrogens with zero attached hydrogens (tertiary/aromatic N) is 2. The van der Waals surface area contributed by atoms with E-state index >= 15 is 0 Å². The van der Waals surface area contributed by atoms with Crippen LogP contribution in [0.4, 0.5) is 0 Å². The number of methoxy groups -OCH3 is 2. The molecule has 0 radical (unpaired) electrons. The summed E-state index contributed by atoms with van der Waals surface area (Å²) >= 11 is 2.01. The molecule has 0 fully saturated rings. The van der Waals surface area contributed by atoms with Crippen molar-refractivity contribution in [2.75, 3.05) is 14.2 Å². The maximum absolute atomic E-state index is 11.8. The number of ether oxygens (including phenoxy) is 2. The number of carbonyl (C=O) groups excluding carboxylic acids is 1. The summed E-state index contributed by atoms with van der Waals surface area (Å²) in [5.41, 5.74) is 3.57. The first-order valence-corrected chi connectivity index (χ1v) is 6.98. The molecule has 2 rings (SSSR count). The molecule has 21 heavy (non-hydrogen) atoms. The van der Waals surface area contributed by atoms with E-state index in [0.29, 0.717) is 17.2 Å². The number of benzene rings is 1. The van der Waals surface area contributed by atoms with Crippen molar-refractivity contribution in [2.45, 2.75) is 0 Å². The van der Waals surface area contributed by atoms with Gasteiger partial charge in [-0.05, 0) is 46.4 Å². The van der Waals surface area contributed by atoms with Crippen molar-refractivity contribution in [1.29, 1.82) is 0 Å². The normalized spacial score (nSPS) is 10.6. The third-order valence-electron chi connectivity index (χ3n) is 2.61. The Hall–Kier alpha value is -2.10. The van der Waals surface area contributed by atoms with Gasteiger partial charge in [0.05, 0.1) is 30.2 Å². The summed E-state index contributed by atoms with van der Waals surface area (Å²) < 4.78 is 11.1. The van der Waals surface area contributed by atoms with E-state index in [9.17, 15) is 4.79 Å². The molecule has 110 valence electrons. The smallest absolute Gasteiger partial charge is 0.290 e. The predicted molar refractivity (Wildman–Crippen MR) is 85.9 cm³/mol. The Balaban J connectivity index is 2.05. The molecule has 0 atom stereocenters. The molecule has 7 nitrogen and oxygen atoms in total. The van der Waals surface area contributed by atoms with Crippen molar-refractivity contribution in [1.82, 2.24) is 15.6 Å². The van der Waals surface area contributed by atoms with Crippen molar-refractivity contribution in [3.05, 3.63) is 39.2 Å². The Bertz CT molecular complexity index is 669. The second-order valence-electron chi connectivity index (χ2n) is 3.91. The summed E-state index contributed by atoms with van der Waals surface area (Å²) in [6.07, 6.45) is 3.08. The quantitative estimate of drug-likeness (QED) is 0.455. The Morgan fingerprint density at radius 2 is 2.14 bits per heavy atom. The molecule has 0 unspecified atom stereocenters. The molecule has 1 heterocycles. The SMILES string of the molecule is COc1ccc(/C=N\NC(=O)c2[nH]ncc2I)cc1OC. The van der Waals surface area contributed by atoms with Gasteiger partial charge in [0.15, 0.2) is 11.5 Å². The largest absolute Gasteiger partial charge is 0.493 e. The fourth-order valence-electron chi connectivity index (χ4n) is 1.59. The number of carbonyl (C=O) groups is 1. The van der Waals surface area contributed by atoms with Crippen LogP contribution in [-0.2, 0) is 0 Å². The molecule has 0 saturated carbocycles. The van der Waals surface area contributed by atoms with Crippen LogP contribution in [0.5, 0.6) is 11.5 Å². The van der Waals surface area contributed by atoms with Gasteiger partial charge >= 0.3 is 0 Å². The monoisotopic (exact) mass is 400 g/mol. The Morgan fingerprint density at radius 1 is 1.38 bits per heavy atom. The average molecular weight is 400 g/mol. The minimum atomic E-state index is -0.353. The highest BCUT2D eigenvalue weighted by atomic mass is 127. The summed E-state index contributed by atoms with van der Waals surface area (Å²) in [7, 11) is 3.12. The average Bonchev–Trinajstić information content (AvgIpc) is 2.93. The standard InChI is InChI=1S/C13H13IN4O3/c1-20-10-4-3-8(5-11(10)21-2)6-15-18-13(19)12-9(14)7-16-17-12/h3-7H,1-2H3,(H,16,17)(H,18,19)/b15-6-. The number of amides is 1. The van der Waals surface area contributed by atoms with Gasteiger partial charge in [0.25, 0.3) is 5.91 Å². The van der Waals surface area contributed by atoms with Crippen LogP contribution in [0, 0.1) is 3.57 Å². The van der Waals surface area contributed by atoms with E-state index in [1.807, 2.05) is 22.6 Å². The van der Waals surface area contributed by atoms with Gasteiger partial charge in [-0.2, -0.15) is 10.2 Å². The first kappa shape index (κ1) is 15.3. The topological polar surface area (TPSA) is 88.6 Å². The lowest BCUT2D eigenvalue weighted by molar-refractivity contribution is 0.0949. The van der Waals surface area contributed by atoms with Crippen molar-refractivity contribution < 1.29 is 14.3 Å². The Morgan fingerprint density at radius 3 is 2.76 bits per heavy atom. The fraction of sp³-hybridized carbons (Fsp3) is 0.154. The number of halogens is 1. The lowest BCUT2D eigenvalue weighted by Crippen LogP contribution is -2.19. The number of aromatic nitrogens is 2. The van der Waals surface area contributed by atoms with Crippen LogP contribution in [0.2, 0.25) is 0 Å². The molecule has 0 saturated heterocycles. The molecule has 0 aliphatic heterocycles. The van der Waals surface area contributed by atoms with Crippen LogP contribution in [-0.4, -0.2) is 36.5 Å². The molecule has 2 aromatic rings.